The van der Waals surface area contributed by atoms with Gasteiger partial charge in [0, 0.05) is 5.69 Å². The molecule has 0 aliphatic heterocycles. The summed E-state index contributed by atoms with van der Waals surface area (Å²) >= 11 is 0. The minimum atomic E-state index is 0.899. The molecule has 2 aromatic carbocycles. The standard InChI is InChI=1S/C18H23N/c1-4-13-7-8-14(5-2)17(11-13)16-9-10-18(19)15(6-3)12-16/h7-12H,4-6,19H2,1-3H3. The van der Waals surface area contributed by atoms with Gasteiger partial charge in [0.25, 0.3) is 0 Å². The maximum absolute atomic E-state index is 6.00. The highest BCUT2D eigenvalue weighted by Gasteiger charge is 2.07. The number of rotatable bonds is 4. The van der Waals surface area contributed by atoms with Gasteiger partial charge in [0.05, 0.1) is 0 Å². The Morgan fingerprint density at radius 3 is 2.16 bits per heavy atom. The number of hydrogen-bond acceptors (Lipinski definition) is 1. The molecule has 100 valence electrons. The van der Waals surface area contributed by atoms with Crippen LogP contribution in [-0.4, -0.2) is 0 Å². The fourth-order valence-electron chi connectivity index (χ4n) is 2.50. The van der Waals surface area contributed by atoms with Crippen LogP contribution in [0.25, 0.3) is 11.1 Å². The molecule has 0 bridgehead atoms. The first-order valence-corrected chi connectivity index (χ1v) is 7.20. The van der Waals surface area contributed by atoms with Crippen LogP contribution >= 0.6 is 0 Å². The number of hydrogen-bond donors (Lipinski definition) is 1. The zero-order valence-corrected chi connectivity index (χ0v) is 12.2. The van der Waals surface area contributed by atoms with Gasteiger partial charge in [-0.25, -0.2) is 0 Å². The van der Waals surface area contributed by atoms with E-state index in [1.165, 1.54) is 27.8 Å². The third kappa shape index (κ3) is 2.81. The molecule has 0 fully saturated rings. The molecular weight excluding hydrogens is 230 g/mol. The summed E-state index contributed by atoms with van der Waals surface area (Å²) in [5.41, 5.74) is 13.6. The molecule has 0 aliphatic carbocycles. The van der Waals surface area contributed by atoms with Gasteiger partial charge in [0.1, 0.15) is 0 Å². The third-order valence-corrected chi connectivity index (χ3v) is 3.80. The average Bonchev–Trinajstić information content (AvgIpc) is 2.47. The van der Waals surface area contributed by atoms with E-state index in [1.54, 1.807) is 0 Å². The lowest BCUT2D eigenvalue weighted by atomic mass is 9.93. The zero-order chi connectivity index (χ0) is 13.8. The van der Waals surface area contributed by atoms with Crippen molar-refractivity contribution in [1.29, 1.82) is 0 Å². The van der Waals surface area contributed by atoms with Crippen molar-refractivity contribution in [3.8, 4) is 11.1 Å². The Morgan fingerprint density at radius 2 is 1.53 bits per heavy atom. The lowest BCUT2D eigenvalue weighted by Crippen LogP contribution is -1.95. The summed E-state index contributed by atoms with van der Waals surface area (Å²) in [6.07, 6.45) is 3.12. The smallest absolute Gasteiger partial charge is 0.0346 e. The van der Waals surface area contributed by atoms with Gasteiger partial charge in [0.2, 0.25) is 0 Å². The molecular formula is C18H23N. The van der Waals surface area contributed by atoms with Gasteiger partial charge in [-0.05, 0) is 59.2 Å². The maximum Gasteiger partial charge on any atom is 0.0346 e. The molecule has 0 radical (unpaired) electrons. The largest absolute Gasteiger partial charge is 0.399 e. The summed E-state index contributed by atoms with van der Waals surface area (Å²) in [7, 11) is 0. The molecule has 0 aliphatic rings. The van der Waals surface area contributed by atoms with E-state index in [2.05, 4.69) is 51.1 Å². The first-order chi connectivity index (χ1) is 9.19. The molecule has 0 atom stereocenters. The number of nitrogen functional groups attached to an aromatic ring is 1. The van der Waals surface area contributed by atoms with Crippen LogP contribution in [0.2, 0.25) is 0 Å². The molecule has 0 spiro atoms. The van der Waals surface area contributed by atoms with Crippen LogP contribution in [0.5, 0.6) is 0 Å². The summed E-state index contributed by atoms with van der Waals surface area (Å²) in [6.45, 7) is 6.56. The molecule has 1 heteroatoms. The van der Waals surface area contributed by atoms with Gasteiger partial charge < -0.3 is 5.73 Å². The maximum atomic E-state index is 6.00. The van der Waals surface area contributed by atoms with Gasteiger partial charge >= 0.3 is 0 Å². The molecule has 0 unspecified atom stereocenters. The van der Waals surface area contributed by atoms with Crippen molar-refractivity contribution in [1.82, 2.24) is 0 Å². The van der Waals surface area contributed by atoms with Crippen molar-refractivity contribution in [2.75, 3.05) is 5.73 Å². The Bertz CT molecular complexity index is 570. The van der Waals surface area contributed by atoms with E-state index in [0.29, 0.717) is 0 Å². The van der Waals surface area contributed by atoms with Gasteiger partial charge in [-0.1, -0.05) is 45.0 Å². The van der Waals surface area contributed by atoms with Gasteiger partial charge in [0.15, 0.2) is 0 Å². The fraction of sp³-hybridized carbons (Fsp3) is 0.333. The monoisotopic (exact) mass is 253 g/mol. The molecule has 2 N–H and O–H groups in total. The Balaban J connectivity index is 2.56. The van der Waals surface area contributed by atoms with E-state index in [4.69, 9.17) is 5.73 Å². The van der Waals surface area contributed by atoms with Crippen molar-refractivity contribution in [2.24, 2.45) is 0 Å². The number of anilines is 1. The van der Waals surface area contributed by atoms with Gasteiger partial charge in [-0.3, -0.25) is 0 Å². The molecule has 2 aromatic rings. The zero-order valence-electron chi connectivity index (χ0n) is 12.2. The predicted octanol–water partition coefficient (Wildman–Crippen LogP) is 4.62. The van der Waals surface area contributed by atoms with Crippen LogP contribution in [0, 0.1) is 0 Å². The lowest BCUT2D eigenvalue weighted by molar-refractivity contribution is 1.10. The minimum absolute atomic E-state index is 0.899. The third-order valence-electron chi connectivity index (χ3n) is 3.80. The molecule has 0 aromatic heterocycles. The van der Waals surface area contributed by atoms with Crippen LogP contribution in [0.3, 0.4) is 0 Å². The van der Waals surface area contributed by atoms with Crippen LogP contribution in [0.1, 0.15) is 37.5 Å². The van der Waals surface area contributed by atoms with Crippen molar-refractivity contribution in [3.63, 3.8) is 0 Å². The van der Waals surface area contributed by atoms with Crippen molar-refractivity contribution < 1.29 is 0 Å². The molecule has 0 amide bonds. The topological polar surface area (TPSA) is 26.0 Å². The molecule has 2 rings (SSSR count). The summed E-state index contributed by atoms with van der Waals surface area (Å²) in [5, 5.41) is 0. The number of aryl methyl sites for hydroxylation is 3. The Hall–Kier alpha value is -1.76. The fourth-order valence-corrected chi connectivity index (χ4v) is 2.50. The summed E-state index contributed by atoms with van der Waals surface area (Å²) in [6, 6.07) is 13.2. The Kier molecular flexibility index (Phi) is 4.26. The van der Waals surface area contributed by atoms with Crippen LogP contribution < -0.4 is 5.73 Å². The highest BCUT2D eigenvalue weighted by atomic mass is 14.6. The van der Waals surface area contributed by atoms with E-state index in [1.807, 2.05) is 6.07 Å². The average molecular weight is 253 g/mol. The van der Waals surface area contributed by atoms with E-state index in [-0.39, 0.29) is 0 Å². The molecule has 1 nitrogen and oxygen atoms in total. The molecule has 19 heavy (non-hydrogen) atoms. The highest BCUT2D eigenvalue weighted by Crippen LogP contribution is 2.28. The summed E-state index contributed by atoms with van der Waals surface area (Å²) in [4.78, 5) is 0. The van der Waals surface area contributed by atoms with Crippen molar-refractivity contribution in [2.45, 2.75) is 40.0 Å². The minimum Gasteiger partial charge on any atom is -0.399 e. The number of nitrogens with two attached hydrogens (primary N) is 1. The summed E-state index contributed by atoms with van der Waals surface area (Å²) in [5.74, 6) is 0. The van der Waals surface area contributed by atoms with E-state index < -0.39 is 0 Å². The molecule has 0 saturated heterocycles. The second-order valence-corrected chi connectivity index (χ2v) is 4.97. The summed E-state index contributed by atoms with van der Waals surface area (Å²) < 4.78 is 0. The number of benzene rings is 2. The van der Waals surface area contributed by atoms with Crippen LogP contribution in [0.4, 0.5) is 5.69 Å². The lowest BCUT2D eigenvalue weighted by Gasteiger charge is -2.12. The SMILES string of the molecule is CCc1ccc(CC)c(-c2ccc(N)c(CC)c2)c1. The Labute approximate surface area is 116 Å². The van der Waals surface area contributed by atoms with Crippen LogP contribution in [-0.2, 0) is 19.3 Å². The first-order valence-electron chi connectivity index (χ1n) is 7.20. The van der Waals surface area contributed by atoms with Crippen molar-refractivity contribution >= 4 is 5.69 Å². The quantitative estimate of drug-likeness (QED) is 0.790. The van der Waals surface area contributed by atoms with E-state index >= 15 is 0 Å². The van der Waals surface area contributed by atoms with Gasteiger partial charge in [-0.15, -0.1) is 0 Å². The molecule has 0 saturated carbocycles. The second kappa shape index (κ2) is 5.92. The van der Waals surface area contributed by atoms with E-state index in [9.17, 15) is 0 Å². The molecule has 0 heterocycles. The van der Waals surface area contributed by atoms with Crippen molar-refractivity contribution in [3.05, 3.63) is 53.1 Å². The van der Waals surface area contributed by atoms with E-state index in [0.717, 1.165) is 24.9 Å². The van der Waals surface area contributed by atoms with Gasteiger partial charge in [-0.2, -0.15) is 0 Å². The second-order valence-electron chi connectivity index (χ2n) is 4.97. The first kappa shape index (κ1) is 13.7. The predicted molar refractivity (Wildman–Crippen MR) is 84.4 cm³/mol. The Morgan fingerprint density at radius 1 is 0.789 bits per heavy atom. The normalized spacial score (nSPS) is 10.7. The van der Waals surface area contributed by atoms with Crippen LogP contribution in [0.15, 0.2) is 36.4 Å². The highest BCUT2D eigenvalue weighted by molar-refractivity contribution is 5.71.